The Bertz CT molecular complexity index is 1430. The lowest BCUT2D eigenvalue weighted by atomic mass is 10.1. The number of carbonyl (C=O) groups is 3. The summed E-state index contributed by atoms with van der Waals surface area (Å²) in [5.41, 5.74) is 0.797. The number of anilines is 1. The number of aromatic nitrogens is 1. The Morgan fingerprint density at radius 2 is 1.74 bits per heavy atom. The average Bonchev–Trinajstić information content (AvgIpc) is 3.41. The lowest BCUT2D eigenvalue weighted by molar-refractivity contribution is -0.126. The van der Waals surface area contributed by atoms with E-state index in [1.807, 2.05) is 22.8 Å². The van der Waals surface area contributed by atoms with Crippen LogP contribution in [-0.4, -0.2) is 35.9 Å². The first-order chi connectivity index (χ1) is 16.8. The Kier molecular flexibility index (Phi) is 7.06. The van der Waals surface area contributed by atoms with Crippen LogP contribution in [0, 0.1) is 17.5 Å². The highest BCUT2D eigenvalue weighted by atomic mass is 32.1. The lowest BCUT2D eigenvalue weighted by Crippen LogP contribution is -2.35. The molecule has 0 aliphatic heterocycles. The van der Waals surface area contributed by atoms with Gasteiger partial charge in [-0.3, -0.25) is 9.59 Å². The topological polar surface area (TPSA) is 97.4 Å². The molecule has 2 aromatic carbocycles. The molecule has 0 radical (unpaired) electrons. The van der Waals surface area contributed by atoms with E-state index >= 15 is 0 Å². The van der Waals surface area contributed by atoms with Crippen molar-refractivity contribution in [2.45, 2.75) is 0 Å². The van der Waals surface area contributed by atoms with Gasteiger partial charge in [0.25, 0.3) is 5.91 Å². The Balaban J connectivity index is 1.37. The molecule has 0 saturated heterocycles. The quantitative estimate of drug-likeness (QED) is 0.292. The zero-order chi connectivity index (χ0) is 24.9. The van der Waals surface area contributed by atoms with Gasteiger partial charge < -0.3 is 15.4 Å². The number of para-hydroxylation sites is 1. The van der Waals surface area contributed by atoms with Gasteiger partial charge in [0, 0.05) is 5.39 Å². The second kappa shape index (κ2) is 10.3. The number of halogens is 3. The van der Waals surface area contributed by atoms with E-state index in [4.69, 9.17) is 4.74 Å². The molecule has 4 aromatic rings. The molecule has 0 saturated carbocycles. The van der Waals surface area contributed by atoms with Gasteiger partial charge in [0.05, 0.1) is 33.9 Å². The summed E-state index contributed by atoms with van der Waals surface area (Å²) in [7, 11) is 0. The molecule has 0 fully saturated rings. The van der Waals surface area contributed by atoms with Crippen molar-refractivity contribution in [2.24, 2.45) is 0 Å². The Morgan fingerprint density at radius 3 is 2.51 bits per heavy atom. The van der Waals surface area contributed by atoms with Gasteiger partial charge in [0.15, 0.2) is 24.1 Å². The van der Waals surface area contributed by atoms with Crippen LogP contribution < -0.4 is 10.6 Å². The van der Waals surface area contributed by atoms with E-state index in [-0.39, 0.29) is 5.56 Å². The van der Waals surface area contributed by atoms with Crippen LogP contribution in [0.2, 0.25) is 0 Å². The summed E-state index contributed by atoms with van der Waals surface area (Å²) in [6.45, 7) is -1.30. The van der Waals surface area contributed by atoms with Crippen LogP contribution in [0.3, 0.4) is 0 Å². The van der Waals surface area contributed by atoms with Crippen LogP contribution >= 0.6 is 11.3 Å². The van der Waals surface area contributed by atoms with Gasteiger partial charge in [-0.2, -0.15) is 0 Å². The van der Waals surface area contributed by atoms with Crippen molar-refractivity contribution in [1.82, 2.24) is 10.3 Å². The number of nitrogens with one attached hydrogen (secondary N) is 2. The molecule has 4 rings (SSSR count). The van der Waals surface area contributed by atoms with E-state index in [0.717, 1.165) is 10.9 Å². The number of rotatable bonds is 7. The molecule has 7 nitrogen and oxygen atoms in total. The summed E-state index contributed by atoms with van der Waals surface area (Å²) in [5, 5.41) is 6.64. The van der Waals surface area contributed by atoms with Crippen molar-refractivity contribution in [1.29, 1.82) is 0 Å². The standard InChI is InChI=1S/C24H16F3N3O4S/c25-15-7-8-17(23(27)22(15)26)30-20(31)11-28-21(32)12-34-24(33)14-10-18(19-6-3-9-35-19)29-16-5-2-1-4-13(14)16/h1-10H,11-12H2,(H,28,32)(H,30,31). The summed E-state index contributed by atoms with van der Waals surface area (Å²) in [5.74, 6) is -7.15. The summed E-state index contributed by atoms with van der Waals surface area (Å²) in [4.78, 5) is 42.1. The summed E-state index contributed by atoms with van der Waals surface area (Å²) < 4.78 is 45.0. The minimum atomic E-state index is -1.73. The first-order valence-corrected chi connectivity index (χ1v) is 11.0. The van der Waals surface area contributed by atoms with E-state index in [1.165, 1.54) is 11.3 Å². The van der Waals surface area contributed by atoms with E-state index < -0.39 is 54.1 Å². The molecule has 0 aliphatic carbocycles. The molecule has 2 N–H and O–H groups in total. The SMILES string of the molecule is O=C(COC(=O)c1cc(-c2cccs2)nc2ccccc12)NCC(=O)Nc1ccc(F)c(F)c1F. The number of fused-ring (bicyclic) bond motifs is 1. The maximum atomic E-state index is 13.6. The van der Waals surface area contributed by atoms with Crippen molar-refractivity contribution in [3.05, 3.63) is 83.0 Å². The van der Waals surface area contributed by atoms with Crippen molar-refractivity contribution in [3.8, 4) is 10.6 Å². The third-order valence-electron chi connectivity index (χ3n) is 4.80. The second-order valence-corrected chi connectivity index (χ2v) is 8.12. The Labute approximate surface area is 200 Å². The zero-order valence-corrected chi connectivity index (χ0v) is 18.6. The Morgan fingerprint density at radius 1 is 0.943 bits per heavy atom. The van der Waals surface area contributed by atoms with Gasteiger partial charge in [-0.1, -0.05) is 24.3 Å². The molecule has 2 amide bonds. The predicted octanol–water partition coefficient (Wildman–Crippen LogP) is 4.29. The van der Waals surface area contributed by atoms with E-state index in [2.05, 4.69) is 10.3 Å². The van der Waals surface area contributed by atoms with Gasteiger partial charge in [-0.25, -0.2) is 22.9 Å². The number of carbonyl (C=O) groups excluding carboxylic acids is 3. The van der Waals surface area contributed by atoms with Crippen molar-refractivity contribution in [3.63, 3.8) is 0 Å². The van der Waals surface area contributed by atoms with Gasteiger partial charge in [-0.05, 0) is 35.7 Å². The fraction of sp³-hybridized carbons (Fsp3) is 0.0833. The van der Waals surface area contributed by atoms with Crippen molar-refractivity contribution < 1.29 is 32.3 Å². The van der Waals surface area contributed by atoms with Crippen LogP contribution in [0.25, 0.3) is 21.5 Å². The highest BCUT2D eigenvalue weighted by molar-refractivity contribution is 7.13. The minimum Gasteiger partial charge on any atom is -0.452 e. The third kappa shape index (κ3) is 5.46. The molecule has 0 unspecified atom stereocenters. The summed E-state index contributed by atoms with van der Waals surface area (Å²) in [6.07, 6.45) is 0. The third-order valence-corrected chi connectivity index (χ3v) is 5.69. The van der Waals surface area contributed by atoms with E-state index in [0.29, 0.717) is 22.7 Å². The van der Waals surface area contributed by atoms with E-state index in [1.54, 1.807) is 30.3 Å². The van der Waals surface area contributed by atoms with Crippen LogP contribution in [0.4, 0.5) is 18.9 Å². The maximum absolute atomic E-state index is 13.6. The largest absolute Gasteiger partial charge is 0.452 e. The number of nitrogens with zero attached hydrogens (tertiary/aromatic N) is 1. The van der Waals surface area contributed by atoms with Gasteiger partial charge >= 0.3 is 5.97 Å². The smallest absolute Gasteiger partial charge is 0.339 e. The average molecular weight is 499 g/mol. The number of esters is 1. The molecule has 178 valence electrons. The van der Waals surface area contributed by atoms with Crippen LogP contribution in [0.5, 0.6) is 0 Å². The number of ether oxygens (including phenoxy) is 1. The molecule has 35 heavy (non-hydrogen) atoms. The van der Waals surface area contributed by atoms with E-state index in [9.17, 15) is 27.6 Å². The van der Waals surface area contributed by atoms with Crippen LogP contribution in [0.1, 0.15) is 10.4 Å². The fourth-order valence-electron chi connectivity index (χ4n) is 3.15. The molecular formula is C24H16F3N3O4S. The molecule has 0 spiro atoms. The van der Waals surface area contributed by atoms with Gasteiger partial charge in [0.1, 0.15) is 0 Å². The highest BCUT2D eigenvalue weighted by Gasteiger charge is 2.18. The molecular weight excluding hydrogens is 483 g/mol. The molecule has 0 bridgehead atoms. The highest BCUT2D eigenvalue weighted by Crippen LogP contribution is 2.28. The maximum Gasteiger partial charge on any atom is 0.339 e. The number of pyridine rings is 1. The van der Waals surface area contributed by atoms with Crippen molar-refractivity contribution in [2.75, 3.05) is 18.5 Å². The normalized spacial score (nSPS) is 10.7. The summed E-state index contributed by atoms with van der Waals surface area (Å²) in [6, 6.07) is 13.8. The monoisotopic (exact) mass is 499 g/mol. The number of amides is 2. The Hall–Kier alpha value is -4.25. The number of hydrogen-bond donors (Lipinski definition) is 2. The fourth-order valence-corrected chi connectivity index (χ4v) is 3.84. The van der Waals surface area contributed by atoms with Crippen LogP contribution in [0.15, 0.2) is 60.0 Å². The van der Waals surface area contributed by atoms with Gasteiger partial charge in [0.2, 0.25) is 5.91 Å². The first-order valence-electron chi connectivity index (χ1n) is 10.1. The van der Waals surface area contributed by atoms with Crippen LogP contribution in [-0.2, 0) is 14.3 Å². The number of hydrogen-bond acceptors (Lipinski definition) is 6. The molecule has 2 heterocycles. The molecule has 11 heteroatoms. The second-order valence-electron chi connectivity index (χ2n) is 7.17. The first kappa shape index (κ1) is 23.9. The summed E-state index contributed by atoms with van der Waals surface area (Å²) >= 11 is 1.46. The zero-order valence-electron chi connectivity index (χ0n) is 17.8. The lowest BCUT2D eigenvalue weighted by Gasteiger charge is -2.10. The van der Waals surface area contributed by atoms with Gasteiger partial charge in [-0.15, -0.1) is 11.3 Å². The number of thiophene rings is 1. The minimum absolute atomic E-state index is 0.221. The molecule has 2 aromatic heterocycles. The molecule has 0 atom stereocenters. The molecule has 0 aliphatic rings. The predicted molar refractivity (Wildman–Crippen MR) is 123 cm³/mol. The number of benzene rings is 2. The van der Waals surface area contributed by atoms with Crippen molar-refractivity contribution >= 4 is 45.7 Å².